The van der Waals surface area contributed by atoms with Crippen LogP contribution in [0.5, 0.6) is 0 Å². The monoisotopic (exact) mass is 1310 g/mol. The summed E-state index contributed by atoms with van der Waals surface area (Å²) in [6, 6.07) is 0. The van der Waals surface area contributed by atoms with Crippen LogP contribution in [0.25, 0.3) is 0 Å². The van der Waals surface area contributed by atoms with Crippen molar-refractivity contribution in [2.24, 2.45) is 11.8 Å². The minimum Gasteiger partial charge on any atom is -0.462 e. The van der Waals surface area contributed by atoms with Crippen LogP contribution < -0.4 is 0 Å². The molecule has 0 saturated carbocycles. The van der Waals surface area contributed by atoms with Gasteiger partial charge in [0.2, 0.25) is 0 Å². The second-order valence-corrected chi connectivity index (χ2v) is 29.1. The Balaban J connectivity index is 5.24. The Labute approximate surface area is 543 Å². The average Bonchev–Trinajstić information content (AvgIpc) is 3.71. The summed E-state index contributed by atoms with van der Waals surface area (Å²) >= 11 is 0. The number of esters is 4. The molecular weight excluding hydrogens is 1170 g/mol. The molecule has 528 valence electrons. The first kappa shape index (κ1) is 87.1. The number of aliphatic hydroxyl groups excluding tert-OH is 1. The molecule has 0 aliphatic rings. The number of hydrogen-bond acceptors (Lipinski definition) is 15. The van der Waals surface area contributed by atoms with Gasteiger partial charge in [-0.15, -0.1) is 0 Å². The minimum absolute atomic E-state index is 0.106. The molecule has 0 aromatic heterocycles. The summed E-state index contributed by atoms with van der Waals surface area (Å²) in [5.41, 5.74) is 0. The number of rotatable bonds is 69. The zero-order valence-corrected chi connectivity index (χ0v) is 59.5. The normalized spacial score (nSPS) is 14.1. The van der Waals surface area contributed by atoms with Gasteiger partial charge in [0.1, 0.15) is 19.3 Å². The van der Waals surface area contributed by atoms with Crippen molar-refractivity contribution in [2.45, 2.75) is 374 Å². The fraction of sp³-hybridized carbons (Fsp3) is 0.943. The first-order chi connectivity index (χ1) is 42.9. The molecule has 2 unspecified atom stereocenters. The van der Waals surface area contributed by atoms with Crippen molar-refractivity contribution in [2.75, 3.05) is 39.6 Å². The maximum absolute atomic E-state index is 13.0. The zero-order valence-electron chi connectivity index (χ0n) is 57.7. The maximum Gasteiger partial charge on any atom is 0.472 e. The van der Waals surface area contributed by atoms with Gasteiger partial charge in [0.05, 0.1) is 26.4 Å². The molecule has 0 saturated heterocycles. The highest BCUT2D eigenvalue weighted by Crippen LogP contribution is 2.45. The van der Waals surface area contributed by atoms with Crippen molar-refractivity contribution < 1.29 is 80.2 Å². The standard InChI is InChI=1S/C70H136O17P2/c1-7-9-11-13-15-17-19-21-26-29-33-40-46-52-67(72)80-58-65(86-70(75)55-49-43-35-31-27-23-22-24-28-32-38-44-50-62(3)4)60-84-88(76,77)82-56-64(71)57-83-89(78,79)85-61-66(59-81-68(73)53-47-41-37-36-39-45-51-63(5)6)87-69(74)54-48-42-34-30-25-20-18-16-14-12-10-8-2/h62-66,71H,7-61H2,1-6H3,(H,76,77)(H,78,79)/t64-,65-,66-/m1/s1. The highest BCUT2D eigenvalue weighted by atomic mass is 31.2. The molecule has 0 radical (unpaired) electrons. The highest BCUT2D eigenvalue weighted by Gasteiger charge is 2.30. The third-order valence-corrected chi connectivity index (χ3v) is 18.1. The van der Waals surface area contributed by atoms with Gasteiger partial charge in [-0.1, -0.05) is 305 Å². The first-order valence-corrected chi connectivity index (χ1v) is 39.5. The van der Waals surface area contributed by atoms with Crippen molar-refractivity contribution in [3.8, 4) is 0 Å². The molecule has 0 rings (SSSR count). The van der Waals surface area contributed by atoms with E-state index >= 15 is 0 Å². The van der Waals surface area contributed by atoms with Crippen LogP contribution in [-0.4, -0.2) is 96.7 Å². The molecule has 0 aromatic rings. The maximum atomic E-state index is 13.0. The topological polar surface area (TPSA) is 237 Å². The van der Waals surface area contributed by atoms with E-state index in [-0.39, 0.29) is 25.7 Å². The van der Waals surface area contributed by atoms with E-state index in [1.54, 1.807) is 0 Å². The van der Waals surface area contributed by atoms with Crippen molar-refractivity contribution in [1.82, 2.24) is 0 Å². The number of phosphoric acid groups is 2. The number of hydrogen-bond donors (Lipinski definition) is 3. The fourth-order valence-corrected chi connectivity index (χ4v) is 12.2. The Morgan fingerprint density at radius 2 is 0.517 bits per heavy atom. The van der Waals surface area contributed by atoms with Gasteiger partial charge in [-0.3, -0.25) is 37.3 Å². The van der Waals surface area contributed by atoms with Gasteiger partial charge in [0, 0.05) is 25.7 Å². The Morgan fingerprint density at radius 1 is 0.303 bits per heavy atom. The molecule has 0 heterocycles. The van der Waals surface area contributed by atoms with E-state index in [4.69, 9.17) is 37.0 Å². The summed E-state index contributed by atoms with van der Waals surface area (Å²) in [6.07, 6.45) is 47.2. The fourth-order valence-electron chi connectivity index (χ4n) is 10.6. The Bertz CT molecular complexity index is 1730. The van der Waals surface area contributed by atoms with Crippen molar-refractivity contribution >= 4 is 39.5 Å². The largest absolute Gasteiger partial charge is 0.472 e. The number of phosphoric ester groups is 2. The molecule has 0 aliphatic heterocycles. The predicted molar refractivity (Wildman–Crippen MR) is 358 cm³/mol. The summed E-state index contributed by atoms with van der Waals surface area (Å²) < 4.78 is 68.3. The van der Waals surface area contributed by atoms with Gasteiger partial charge >= 0.3 is 39.5 Å². The van der Waals surface area contributed by atoms with Gasteiger partial charge < -0.3 is 33.8 Å². The van der Waals surface area contributed by atoms with Gasteiger partial charge in [-0.2, -0.15) is 0 Å². The van der Waals surface area contributed by atoms with E-state index in [2.05, 4.69) is 41.5 Å². The summed E-state index contributed by atoms with van der Waals surface area (Å²) in [4.78, 5) is 72.5. The van der Waals surface area contributed by atoms with Gasteiger partial charge in [-0.25, -0.2) is 9.13 Å². The molecular formula is C70H136O17P2. The summed E-state index contributed by atoms with van der Waals surface area (Å²) in [5.74, 6) is -0.667. The molecule has 3 N–H and O–H groups in total. The predicted octanol–water partition coefficient (Wildman–Crippen LogP) is 20.0. The second kappa shape index (κ2) is 62.2. The van der Waals surface area contributed by atoms with Crippen LogP contribution in [0.3, 0.4) is 0 Å². The minimum atomic E-state index is -4.95. The Hall–Kier alpha value is -1.94. The van der Waals surface area contributed by atoms with Crippen LogP contribution >= 0.6 is 15.6 Å². The SMILES string of the molecule is CCCCCCCCCCCCCCCC(=O)OC[C@H](COP(=O)(O)OC[C@@H](O)COP(=O)(O)OC[C@@H](COC(=O)CCCCCCCCC(C)C)OC(=O)CCCCCCCCCCCCCC)OC(=O)CCCCCCCCCCCCCCC(C)C. The molecule has 19 heteroatoms. The summed E-state index contributed by atoms with van der Waals surface area (Å²) in [7, 11) is -9.90. The molecule has 0 amide bonds. The Kier molecular flexibility index (Phi) is 60.8. The average molecular weight is 1310 g/mol. The van der Waals surface area contributed by atoms with E-state index in [0.29, 0.717) is 31.6 Å². The third kappa shape index (κ3) is 64.6. The van der Waals surface area contributed by atoms with E-state index in [0.717, 1.165) is 102 Å². The van der Waals surface area contributed by atoms with E-state index in [1.165, 1.54) is 167 Å². The number of aliphatic hydroxyl groups is 1. The summed E-state index contributed by atoms with van der Waals surface area (Å²) in [6.45, 7) is 9.48. The molecule has 17 nitrogen and oxygen atoms in total. The van der Waals surface area contributed by atoms with Crippen molar-refractivity contribution in [3.05, 3.63) is 0 Å². The smallest absolute Gasteiger partial charge is 0.462 e. The van der Waals surface area contributed by atoms with Crippen LogP contribution in [0.1, 0.15) is 356 Å². The lowest BCUT2D eigenvalue weighted by molar-refractivity contribution is -0.161. The molecule has 0 aliphatic carbocycles. The first-order valence-electron chi connectivity index (χ1n) is 36.5. The third-order valence-electron chi connectivity index (χ3n) is 16.2. The lowest BCUT2D eigenvalue weighted by Crippen LogP contribution is -2.30. The van der Waals surface area contributed by atoms with Crippen LogP contribution in [0.2, 0.25) is 0 Å². The Morgan fingerprint density at radius 3 is 0.764 bits per heavy atom. The van der Waals surface area contributed by atoms with E-state index < -0.39 is 97.5 Å². The molecule has 89 heavy (non-hydrogen) atoms. The number of unbranched alkanes of at least 4 members (excludes halogenated alkanes) is 39. The van der Waals surface area contributed by atoms with Crippen molar-refractivity contribution in [3.63, 3.8) is 0 Å². The lowest BCUT2D eigenvalue weighted by Gasteiger charge is -2.21. The quantitative estimate of drug-likeness (QED) is 0.0222. The van der Waals surface area contributed by atoms with Gasteiger partial charge in [0.15, 0.2) is 12.2 Å². The molecule has 5 atom stereocenters. The molecule has 0 aromatic carbocycles. The lowest BCUT2D eigenvalue weighted by atomic mass is 10.0. The van der Waals surface area contributed by atoms with Gasteiger partial charge in [0.25, 0.3) is 0 Å². The zero-order chi connectivity index (χ0) is 65.7. The second-order valence-electron chi connectivity index (χ2n) is 26.2. The van der Waals surface area contributed by atoms with Crippen LogP contribution in [0, 0.1) is 11.8 Å². The van der Waals surface area contributed by atoms with E-state index in [9.17, 15) is 43.2 Å². The van der Waals surface area contributed by atoms with Crippen LogP contribution in [-0.2, 0) is 65.4 Å². The van der Waals surface area contributed by atoms with Crippen LogP contribution in [0.15, 0.2) is 0 Å². The number of ether oxygens (including phenoxy) is 4. The molecule has 0 fully saturated rings. The number of carbonyl (C=O) groups is 4. The number of carbonyl (C=O) groups excluding carboxylic acids is 4. The molecule has 0 spiro atoms. The van der Waals surface area contributed by atoms with Gasteiger partial charge in [-0.05, 0) is 37.5 Å². The summed E-state index contributed by atoms with van der Waals surface area (Å²) in [5, 5.41) is 10.6. The molecule has 0 bridgehead atoms. The van der Waals surface area contributed by atoms with Crippen LogP contribution in [0.4, 0.5) is 0 Å². The van der Waals surface area contributed by atoms with E-state index in [1.807, 2.05) is 0 Å². The van der Waals surface area contributed by atoms with Crippen molar-refractivity contribution in [1.29, 1.82) is 0 Å². The highest BCUT2D eigenvalue weighted by molar-refractivity contribution is 7.47.